The Morgan fingerprint density at radius 2 is 1.36 bits per heavy atom. The Kier molecular flexibility index (Phi) is 9.32. The van der Waals surface area contributed by atoms with Crippen LogP contribution in [0.3, 0.4) is 0 Å². The number of aryl methyl sites for hydroxylation is 1. The first-order chi connectivity index (χ1) is 18.9. The zero-order chi connectivity index (χ0) is 27.6. The highest BCUT2D eigenvalue weighted by molar-refractivity contribution is 8.00. The Morgan fingerprint density at radius 1 is 0.744 bits per heavy atom. The lowest BCUT2D eigenvalue weighted by Crippen LogP contribution is -2.30. The van der Waals surface area contributed by atoms with Crippen LogP contribution in [0.4, 0.5) is 11.4 Å². The van der Waals surface area contributed by atoms with E-state index in [1.54, 1.807) is 42.5 Å². The van der Waals surface area contributed by atoms with Gasteiger partial charge in [0.25, 0.3) is 11.8 Å². The van der Waals surface area contributed by atoms with Gasteiger partial charge in [0.2, 0.25) is 5.91 Å². The normalized spacial score (nSPS) is 11.8. The van der Waals surface area contributed by atoms with Crippen molar-refractivity contribution >= 4 is 46.9 Å². The molecule has 3 amide bonds. The maximum absolute atomic E-state index is 13.2. The van der Waals surface area contributed by atoms with Crippen molar-refractivity contribution in [2.75, 3.05) is 10.6 Å². The molecule has 3 N–H and O–H groups in total. The van der Waals surface area contributed by atoms with Crippen LogP contribution in [0.1, 0.15) is 28.4 Å². The minimum Gasteiger partial charge on any atom is -0.325 e. The molecule has 0 bridgehead atoms. The molecule has 0 aromatic heterocycles. The molecular formula is C32H29N3O3S. The topological polar surface area (TPSA) is 87.3 Å². The lowest BCUT2D eigenvalue weighted by molar-refractivity contribution is -0.115. The summed E-state index contributed by atoms with van der Waals surface area (Å²) in [6, 6.07) is 32.9. The Morgan fingerprint density at radius 3 is 2.03 bits per heavy atom. The third-order valence-corrected chi connectivity index (χ3v) is 6.95. The molecule has 0 saturated heterocycles. The van der Waals surface area contributed by atoms with Gasteiger partial charge in [0.15, 0.2) is 0 Å². The average molecular weight is 536 g/mol. The van der Waals surface area contributed by atoms with Crippen molar-refractivity contribution in [3.8, 4) is 0 Å². The van der Waals surface area contributed by atoms with Crippen LogP contribution in [0, 0.1) is 6.92 Å². The minimum atomic E-state index is -0.450. The van der Waals surface area contributed by atoms with Gasteiger partial charge >= 0.3 is 0 Å². The van der Waals surface area contributed by atoms with Crippen molar-refractivity contribution in [1.82, 2.24) is 5.32 Å². The van der Waals surface area contributed by atoms with Crippen molar-refractivity contribution in [3.63, 3.8) is 0 Å². The van der Waals surface area contributed by atoms with Gasteiger partial charge in [-0.05, 0) is 73.5 Å². The molecular weight excluding hydrogens is 506 g/mol. The standard InChI is InChI=1S/C32H29N3O3S/c1-22-11-9-10-16-28(22)34-30(36)23(2)39-27-19-17-26(18-20-27)33-32(38)29(21-24-12-5-3-6-13-24)35-31(37)25-14-7-4-8-15-25/h3-21,23H,1-2H3,(H,33,38)(H,34,36)(H,35,37)/b29-21-. The highest BCUT2D eigenvalue weighted by atomic mass is 32.2. The number of para-hydroxylation sites is 1. The number of rotatable bonds is 9. The second-order valence-corrected chi connectivity index (χ2v) is 10.2. The molecule has 0 radical (unpaired) electrons. The van der Waals surface area contributed by atoms with Gasteiger partial charge in [-0.1, -0.05) is 66.7 Å². The van der Waals surface area contributed by atoms with Gasteiger partial charge in [-0.25, -0.2) is 0 Å². The molecule has 0 saturated carbocycles. The van der Waals surface area contributed by atoms with Crippen molar-refractivity contribution in [2.24, 2.45) is 0 Å². The van der Waals surface area contributed by atoms with Gasteiger partial charge in [0, 0.05) is 21.8 Å². The number of amides is 3. The van der Waals surface area contributed by atoms with E-state index in [0.29, 0.717) is 11.3 Å². The first-order valence-corrected chi connectivity index (χ1v) is 13.3. The lowest BCUT2D eigenvalue weighted by atomic mass is 10.1. The van der Waals surface area contributed by atoms with Crippen molar-refractivity contribution in [3.05, 3.63) is 132 Å². The molecule has 4 aromatic carbocycles. The molecule has 39 heavy (non-hydrogen) atoms. The maximum atomic E-state index is 13.2. The molecule has 1 unspecified atom stereocenters. The number of carbonyl (C=O) groups excluding carboxylic acids is 3. The number of carbonyl (C=O) groups is 3. The maximum Gasteiger partial charge on any atom is 0.272 e. The predicted molar refractivity (Wildman–Crippen MR) is 159 cm³/mol. The van der Waals surface area contributed by atoms with Crippen LogP contribution in [0.2, 0.25) is 0 Å². The van der Waals surface area contributed by atoms with Crippen LogP contribution < -0.4 is 16.0 Å². The van der Waals surface area contributed by atoms with E-state index in [4.69, 9.17) is 0 Å². The van der Waals surface area contributed by atoms with Crippen molar-refractivity contribution < 1.29 is 14.4 Å². The summed E-state index contributed by atoms with van der Waals surface area (Å²) in [7, 11) is 0. The highest BCUT2D eigenvalue weighted by Gasteiger charge is 2.17. The number of thioether (sulfide) groups is 1. The Bertz CT molecular complexity index is 1470. The largest absolute Gasteiger partial charge is 0.325 e. The van der Waals surface area contributed by atoms with Crippen LogP contribution in [0.25, 0.3) is 6.08 Å². The fourth-order valence-corrected chi connectivity index (χ4v) is 4.55. The SMILES string of the molecule is Cc1ccccc1NC(=O)C(C)Sc1ccc(NC(=O)/C(=C/c2ccccc2)NC(=O)c2ccccc2)cc1. The monoisotopic (exact) mass is 535 g/mol. The van der Waals surface area contributed by atoms with Gasteiger partial charge in [0.1, 0.15) is 5.70 Å². The number of hydrogen-bond acceptors (Lipinski definition) is 4. The summed E-state index contributed by atoms with van der Waals surface area (Å²) in [4.78, 5) is 39.5. The van der Waals surface area contributed by atoms with Crippen LogP contribution in [-0.2, 0) is 9.59 Å². The fraction of sp³-hybridized carbons (Fsp3) is 0.0938. The highest BCUT2D eigenvalue weighted by Crippen LogP contribution is 2.26. The summed E-state index contributed by atoms with van der Waals surface area (Å²) < 4.78 is 0. The summed E-state index contributed by atoms with van der Waals surface area (Å²) in [5.74, 6) is -0.913. The molecule has 196 valence electrons. The zero-order valence-corrected chi connectivity index (χ0v) is 22.5. The van der Waals surface area contributed by atoms with Crippen LogP contribution in [-0.4, -0.2) is 23.0 Å². The second kappa shape index (κ2) is 13.3. The molecule has 0 fully saturated rings. The predicted octanol–water partition coefficient (Wildman–Crippen LogP) is 6.52. The smallest absolute Gasteiger partial charge is 0.272 e. The molecule has 0 aliphatic heterocycles. The van der Waals surface area contributed by atoms with Gasteiger partial charge in [-0.3, -0.25) is 14.4 Å². The van der Waals surface area contributed by atoms with E-state index in [2.05, 4.69) is 16.0 Å². The van der Waals surface area contributed by atoms with E-state index in [-0.39, 0.29) is 22.8 Å². The molecule has 4 rings (SSSR count). The number of benzene rings is 4. The molecule has 0 aliphatic carbocycles. The zero-order valence-electron chi connectivity index (χ0n) is 21.7. The first-order valence-electron chi connectivity index (χ1n) is 12.5. The van der Waals surface area contributed by atoms with Gasteiger partial charge in [0.05, 0.1) is 5.25 Å². The number of hydrogen-bond donors (Lipinski definition) is 3. The molecule has 7 heteroatoms. The van der Waals surface area contributed by atoms with Crippen LogP contribution in [0.15, 0.2) is 120 Å². The molecule has 0 heterocycles. The van der Waals surface area contributed by atoms with Crippen molar-refractivity contribution in [1.29, 1.82) is 0 Å². The van der Waals surface area contributed by atoms with E-state index >= 15 is 0 Å². The third-order valence-electron chi connectivity index (χ3n) is 5.84. The molecule has 1 atom stereocenters. The Labute approximate surface area is 232 Å². The molecule has 6 nitrogen and oxygen atoms in total. The average Bonchev–Trinajstić information content (AvgIpc) is 2.96. The van der Waals surface area contributed by atoms with Crippen molar-refractivity contribution in [2.45, 2.75) is 24.0 Å². The second-order valence-electron chi connectivity index (χ2n) is 8.83. The van der Waals surface area contributed by atoms with E-state index in [0.717, 1.165) is 21.7 Å². The fourth-order valence-electron chi connectivity index (χ4n) is 3.68. The van der Waals surface area contributed by atoms with Gasteiger partial charge in [-0.2, -0.15) is 0 Å². The summed E-state index contributed by atoms with van der Waals surface area (Å²) in [6.07, 6.45) is 1.63. The lowest BCUT2D eigenvalue weighted by Gasteiger charge is -2.14. The summed E-state index contributed by atoms with van der Waals surface area (Å²) >= 11 is 1.43. The quantitative estimate of drug-likeness (QED) is 0.168. The Balaban J connectivity index is 1.42. The number of anilines is 2. The summed E-state index contributed by atoms with van der Waals surface area (Å²) in [5.41, 5.74) is 3.71. The third kappa shape index (κ3) is 7.93. The van der Waals surface area contributed by atoms with Crippen LogP contribution >= 0.6 is 11.8 Å². The van der Waals surface area contributed by atoms with Gasteiger partial charge < -0.3 is 16.0 Å². The summed E-state index contributed by atoms with van der Waals surface area (Å²) in [6.45, 7) is 3.80. The molecule has 0 aliphatic rings. The summed E-state index contributed by atoms with van der Waals surface area (Å²) in [5, 5.41) is 8.24. The minimum absolute atomic E-state index is 0.0865. The number of nitrogens with one attached hydrogen (secondary N) is 3. The Hall–Kier alpha value is -4.62. The van der Waals surface area contributed by atoms with E-state index in [1.807, 2.05) is 86.6 Å². The van der Waals surface area contributed by atoms with E-state index in [9.17, 15) is 14.4 Å². The van der Waals surface area contributed by atoms with E-state index in [1.165, 1.54) is 11.8 Å². The van der Waals surface area contributed by atoms with E-state index < -0.39 is 5.91 Å². The molecule has 0 spiro atoms. The van der Waals surface area contributed by atoms with Crippen LogP contribution in [0.5, 0.6) is 0 Å². The first kappa shape index (κ1) is 27.4. The van der Waals surface area contributed by atoms with Gasteiger partial charge in [-0.15, -0.1) is 11.8 Å². The molecule has 4 aromatic rings.